The number of fused-ring (bicyclic) bond motifs is 1. The van der Waals surface area contributed by atoms with Crippen molar-refractivity contribution < 1.29 is 9.90 Å². The van der Waals surface area contributed by atoms with Crippen molar-refractivity contribution >= 4 is 23.0 Å². The van der Waals surface area contributed by atoms with Gasteiger partial charge in [0.25, 0.3) is 5.91 Å². The first-order valence-corrected chi connectivity index (χ1v) is 7.25. The second-order valence-electron chi connectivity index (χ2n) is 5.29. The number of nitrogens with one attached hydrogen (secondary N) is 1. The molecule has 5 heteroatoms. The number of aromatic nitrogens is 1. The van der Waals surface area contributed by atoms with Gasteiger partial charge in [-0.2, -0.15) is 5.10 Å². The molecular formula is C18H17N3O2. The Labute approximate surface area is 133 Å². The third-order valence-corrected chi connectivity index (χ3v) is 3.96. The first-order valence-electron chi connectivity index (χ1n) is 7.25. The molecule has 1 heterocycles. The van der Waals surface area contributed by atoms with Gasteiger partial charge < -0.3 is 9.67 Å². The van der Waals surface area contributed by atoms with Gasteiger partial charge in [0.1, 0.15) is 5.75 Å². The summed E-state index contributed by atoms with van der Waals surface area (Å²) in [5, 5.41) is 14.8. The predicted molar refractivity (Wildman–Crippen MR) is 90.8 cm³/mol. The molecule has 116 valence electrons. The van der Waals surface area contributed by atoms with E-state index in [0.717, 1.165) is 22.2 Å². The van der Waals surface area contributed by atoms with Crippen LogP contribution in [0, 0.1) is 6.92 Å². The Hall–Kier alpha value is -3.08. The van der Waals surface area contributed by atoms with E-state index in [-0.39, 0.29) is 11.3 Å². The van der Waals surface area contributed by atoms with Crippen molar-refractivity contribution in [1.29, 1.82) is 0 Å². The van der Waals surface area contributed by atoms with Gasteiger partial charge in [-0.15, -0.1) is 0 Å². The van der Waals surface area contributed by atoms with E-state index in [1.54, 1.807) is 24.4 Å². The minimum atomic E-state index is -0.447. The molecule has 5 nitrogen and oxygen atoms in total. The maximum atomic E-state index is 12.0. The molecule has 0 fully saturated rings. The van der Waals surface area contributed by atoms with Crippen LogP contribution in [0.1, 0.15) is 21.6 Å². The lowest BCUT2D eigenvalue weighted by Crippen LogP contribution is -2.17. The molecule has 1 aromatic heterocycles. The fourth-order valence-electron chi connectivity index (χ4n) is 2.59. The first kappa shape index (κ1) is 14.8. The summed E-state index contributed by atoms with van der Waals surface area (Å²) in [5.41, 5.74) is 5.77. The molecule has 0 bridgehead atoms. The lowest BCUT2D eigenvalue weighted by Gasteiger charge is -2.02. The number of rotatable bonds is 3. The summed E-state index contributed by atoms with van der Waals surface area (Å²) in [6.45, 7) is 2.01. The highest BCUT2D eigenvalue weighted by Crippen LogP contribution is 2.23. The number of phenols is 1. The Morgan fingerprint density at radius 3 is 2.65 bits per heavy atom. The standard InChI is InChI=1S/C18H17N3O2/c1-12-15(13-7-3-5-9-16(13)21(12)2)11-19-20-18(23)14-8-4-6-10-17(14)22/h3-11,22H,1-2H3,(H,20,23)/b19-11+. The van der Waals surface area contributed by atoms with Crippen LogP contribution in [0.15, 0.2) is 53.6 Å². The van der Waals surface area contributed by atoms with Crippen LogP contribution in [0.2, 0.25) is 0 Å². The third-order valence-electron chi connectivity index (χ3n) is 3.96. The van der Waals surface area contributed by atoms with Gasteiger partial charge in [-0.25, -0.2) is 5.43 Å². The Balaban J connectivity index is 1.86. The van der Waals surface area contributed by atoms with Crippen LogP contribution in [0.25, 0.3) is 10.9 Å². The average Bonchev–Trinajstić information content (AvgIpc) is 2.80. The monoisotopic (exact) mass is 307 g/mol. The first-order chi connectivity index (χ1) is 11.1. The highest BCUT2D eigenvalue weighted by molar-refractivity contribution is 6.02. The van der Waals surface area contributed by atoms with Crippen molar-refractivity contribution in [3.63, 3.8) is 0 Å². The summed E-state index contributed by atoms with van der Waals surface area (Å²) in [6, 6.07) is 14.4. The molecule has 3 rings (SSSR count). The highest BCUT2D eigenvalue weighted by Gasteiger charge is 2.11. The molecule has 0 aliphatic rings. The Morgan fingerprint density at radius 1 is 1.17 bits per heavy atom. The number of benzene rings is 2. The molecular weight excluding hydrogens is 290 g/mol. The summed E-state index contributed by atoms with van der Waals surface area (Å²) < 4.78 is 2.08. The van der Waals surface area contributed by atoms with Gasteiger partial charge in [0.05, 0.1) is 11.8 Å². The quantitative estimate of drug-likeness (QED) is 0.577. The molecule has 0 radical (unpaired) electrons. The van der Waals surface area contributed by atoms with Crippen LogP contribution in [0.5, 0.6) is 5.75 Å². The molecule has 0 unspecified atom stereocenters. The number of phenolic OH excluding ortho intramolecular Hbond substituents is 1. The second kappa shape index (κ2) is 5.96. The van der Waals surface area contributed by atoms with Crippen molar-refractivity contribution in [2.75, 3.05) is 0 Å². The van der Waals surface area contributed by atoms with E-state index >= 15 is 0 Å². The maximum Gasteiger partial charge on any atom is 0.275 e. The number of aryl methyl sites for hydroxylation is 1. The lowest BCUT2D eigenvalue weighted by atomic mass is 10.1. The van der Waals surface area contributed by atoms with Crippen molar-refractivity contribution in [1.82, 2.24) is 9.99 Å². The van der Waals surface area contributed by atoms with Gasteiger partial charge in [0.15, 0.2) is 0 Å². The maximum absolute atomic E-state index is 12.0. The molecule has 23 heavy (non-hydrogen) atoms. The number of aromatic hydroxyl groups is 1. The summed E-state index contributed by atoms with van der Waals surface area (Å²) in [5.74, 6) is -0.515. The van der Waals surface area contributed by atoms with E-state index in [0.29, 0.717) is 0 Å². The molecule has 0 aliphatic carbocycles. The highest BCUT2D eigenvalue weighted by atomic mass is 16.3. The molecule has 0 aliphatic heterocycles. The van der Waals surface area contributed by atoms with Gasteiger partial charge in [-0.05, 0) is 25.1 Å². The predicted octanol–water partition coefficient (Wildman–Crippen LogP) is 2.96. The molecule has 1 amide bonds. The zero-order valence-electron chi connectivity index (χ0n) is 12.9. The van der Waals surface area contributed by atoms with E-state index in [9.17, 15) is 9.90 Å². The number of amides is 1. The van der Waals surface area contributed by atoms with E-state index in [2.05, 4.69) is 15.1 Å². The second-order valence-corrected chi connectivity index (χ2v) is 5.29. The van der Waals surface area contributed by atoms with Gasteiger partial charge >= 0.3 is 0 Å². The van der Waals surface area contributed by atoms with Crippen molar-refractivity contribution in [3.05, 3.63) is 65.4 Å². The molecule has 0 atom stereocenters. The number of carbonyl (C=O) groups excluding carboxylic acids is 1. The van der Waals surface area contributed by atoms with E-state index in [1.807, 2.05) is 38.2 Å². The van der Waals surface area contributed by atoms with Gasteiger partial charge in [0.2, 0.25) is 0 Å². The fraction of sp³-hybridized carbons (Fsp3) is 0.111. The molecule has 2 N–H and O–H groups in total. The average molecular weight is 307 g/mol. The Kier molecular flexibility index (Phi) is 3.85. The summed E-state index contributed by atoms with van der Waals surface area (Å²) in [4.78, 5) is 12.0. The lowest BCUT2D eigenvalue weighted by molar-refractivity contribution is 0.0952. The van der Waals surface area contributed by atoms with Gasteiger partial charge in [-0.1, -0.05) is 30.3 Å². The normalized spacial score (nSPS) is 11.2. The van der Waals surface area contributed by atoms with Crippen LogP contribution >= 0.6 is 0 Å². The fourth-order valence-corrected chi connectivity index (χ4v) is 2.59. The number of hydrogen-bond acceptors (Lipinski definition) is 3. The Bertz CT molecular complexity index is 910. The van der Waals surface area contributed by atoms with Crippen molar-refractivity contribution in [2.45, 2.75) is 6.92 Å². The smallest absolute Gasteiger partial charge is 0.275 e. The van der Waals surface area contributed by atoms with Crippen molar-refractivity contribution in [3.8, 4) is 5.75 Å². The van der Waals surface area contributed by atoms with Crippen LogP contribution in [0.4, 0.5) is 0 Å². The third kappa shape index (κ3) is 2.68. The molecule has 0 saturated carbocycles. The van der Waals surface area contributed by atoms with E-state index in [4.69, 9.17) is 0 Å². The minimum absolute atomic E-state index is 0.0680. The largest absolute Gasteiger partial charge is 0.507 e. The zero-order valence-corrected chi connectivity index (χ0v) is 12.9. The van der Waals surface area contributed by atoms with E-state index in [1.165, 1.54) is 6.07 Å². The van der Waals surface area contributed by atoms with Gasteiger partial charge in [-0.3, -0.25) is 4.79 Å². The number of para-hydroxylation sites is 2. The Morgan fingerprint density at radius 2 is 1.87 bits per heavy atom. The topological polar surface area (TPSA) is 66.6 Å². The number of nitrogens with zero attached hydrogens (tertiary/aromatic N) is 2. The van der Waals surface area contributed by atoms with E-state index < -0.39 is 5.91 Å². The van der Waals surface area contributed by atoms with Crippen LogP contribution < -0.4 is 5.43 Å². The minimum Gasteiger partial charge on any atom is -0.507 e. The SMILES string of the molecule is Cc1c(/C=N/NC(=O)c2ccccc2O)c2ccccc2n1C. The number of hydrogen-bond donors (Lipinski definition) is 2. The molecule has 0 spiro atoms. The zero-order chi connectivity index (χ0) is 16.4. The summed E-state index contributed by atoms with van der Waals surface area (Å²) >= 11 is 0. The van der Waals surface area contributed by atoms with Crippen LogP contribution in [0.3, 0.4) is 0 Å². The summed E-state index contributed by atoms with van der Waals surface area (Å²) in [7, 11) is 2.00. The molecule has 0 saturated heterocycles. The molecule has 3 aromatic rings. The van der Waals surface area contributed by atoms with Crippen LogP contribution in [-0.2, 0) is 7.05 Å². The number of hydrazone groups is 1. The van der Waals surface area contributed by atoms with Crippen molar-refractivity contribution in [2.24, 2.45) is 12.1 Å². The van der Waals surface area contributed by atoms with Gasteiger partial charge in [0, 0.05) is 29.2 Å². The summed E-state index contributed by atoms with van der Waals surface area (Å²) in [6.07, 6.45) is 1.63. The molecule has 2 aromatic carbocycles. The number of carbonyl (C=O) groups is 1. The van der Waals surface area contributed by atoms with Crippen LogP contribution in [-0.4, -0.2) is 21.8 Å².